The SMILES string of the molecule is CCC(C)Oc1cccc(C(=O)NNC(=O)COc2ccc(C(C)C)cc2Br)c1. The van der Waals surface area contributed by atoms with Crippen molar-refractivity contribution >= 4 is 27.7 Å². The Labute approximate surface area is 180 Å². The van der Waals surface area contributed by atoms with E-state index in [-0.39, 0.29) is 12.7 Å². The minimum atomic E-state index is -0.467. The minimum Gasteiger partial charge on any atom is -0.491 e. The number of ether oxygens (including phenoxy) is 2. The van der Waals surface area contributed by atoms with Crippen molar-refractivity contribution < 1.29 is 19.1 Å². The van der Waals surface area contributed by atoms with Crippen LogP contribution < -0.4 is 20.3 Å². The summed E-state index contributed by atoms with van der Waals surface area (Å²) in [6, 6.07) is 12.5. The predicted octanol–water partition coefficient (Wildman–Crippen LogP) is 4.59. The van der Waals surface area contributed by atoms with Gasteiger partial charge in [-0.2, -0.15) is 0 Å². The first kappa shape index (κ1) is 22.7. The van der Waals surface area contributed by atoms with Gasteiger partial charge in [-0.05, 0) is 71.1 Å². The Morgan fingerprint density at radius 3 is 2.48 bits per heavy atom. The Morgan fingerprint density at radius 1 is 1.07 bits per heavy atom. The monoisotopic (exact) mass is 462 g/mol. The van der Waals surface area contributed by atoms with Crippen molar-refractivity contribution in [3.05, 3.63) is 58.1 Å². The van der Waals surface area contributed by atoms with Gasteiger partial charge in [0, 0.05) is 5.56 Å². The molecule has 0 aromatic heterocycles. The molecular weight excluding hydrogens is 436 g/mol. The van der Waals surface area contributed by atoms with Crippen molar-refractivity contribution in [1.82, 2.24) is 10.9 Å². The maximum absolute atomic E-state index is 12.3. The van der Waals surface area contributed by atoms with Crippen LogP contribution in [0.5, 0.6) is 11.5 Å². The second-order valence-corrected chi connectivity index (χ2v) is 7.85. The Balaban J connectivity index is 1.85. The van der Waals surface area contributed by atoms with Gasteiger partial charge in [0.05, 0.1) is 10.6 Å². The molecule has 2 N–H and O–H groups in total. The standard InChI is InChI=1S/C22H27BrN2O4/c1-5-15(4)29-18-8-6-7-17(11-18)22(27)25-24-21(26)13-28-20-10-9-16(14(2)3)12-19(20)23/h6-12,14-15H,5,13H2,1-4H3,(H,24,26)(H,25,27). The molecule has 0 saturated carbocycles. The zero-order valence-corrected chi connectivity index (χ0v) is 18.7. The summed E-state index contributed by atoms with van der Waals surface area (Å²) in [6.45, 7) is 7.96. The number of hydrogen-bond acceptors (Lipinski definition) is 4. The molecule has 1 atom stereocenters. The number of rotatable bonds is 8. The molecule has 2 amide bonds. The maximum atomic E-state index is 12.3. The second-order valence-electron chi connectivity index (χ2n) is 7.00. The van der Waals surface area contributed by atoms with E-state index in [9.17, 15) is 9.59 Å². The summed E-state index contributed by atoms with van der Waals surface area (Å²) in [4.78, 5) is 24.3. The normalized spacial score (nSPS) is 11.7. The number of nitrogens with one attached hydrogen (secondary N) is 2. The van der Waals surface area contributed by atoms with Gasteiger partial charge in [0.2, 0.25) is 0 Å². The third kappa shape index (κ3) is 7.09. The number of amides is 2. The van der Waals surface area contributed by atoms with E-state index >= 15 is 0 Å². The summed E-state index contributed by atoms with van der Waals surface area (Å²) in [5.41, 5.74) is 6.29. The summed E-state index contributed by atoms with van der Waals surface area (Å²) >= 11 is 3.45. The number of carbonyl (C=O) groups excluding carboxylic acids is 2. The van der Waals surface area contributed by atoms with E-state index in [2.05, 4.69) is 40.6 Å². The summed E-state index contributed by atoms with van der Waals surface area (Å²) in [7, 11) is 0. The topological polar surface area (TPSA) is 76.7 Å². The fraction of sp³-hybridized carbons (Fsp3) is 0.364. The zero-order chi connectivity index (χ0) is 21.4. The molecule has 0 aliphatic carbocycles. The van der Waals surface area contributed by atoms with Gasteiger partial charge in [0.15, 0.2) is 6.61 Å². The molecular formula is C22H27BrN2O4. The molecule has 7 heteroatoms. The molecule has 6 nitrogen and oxygen atoms in total. The third-order valence-corrected chi connectivity index (χ3v) is 4.92. The van der Waals surface area contributed by atoms with E-state index in [0.29, 0.717) is 23.0 Å². The fourth-order valence-electron chi connectivity index (χ4n) is 2.40. The first-order chi connectivity index (χ1) is 13.8. The van der Waals surface area contributed by atoms with E-state index in [4.69, 9.17) is 9.47 Å². The Bertz CT molecular complexity index is 854. The molecule has 0 fully saturated rings. The van der Waals surface area contributed by atoms with Crippen molar-refractivity contribution in [2.75, 3.05) is 6.61 Å². The van der Waals surface area contributed by atoms with E-state index in [0.717, 1.165) is 10.9 Å². The van der Waals surface area contributed by atoms with E-state index < -0.39 is 11.8 Å². The highest BCUT2D eigenvalue weighted by atomic mass is 79.9. The molecule has 0 aliphatic heterocycles. The Hall–Kier alpha value is -2.54. The number of hydrogen-bond donors (Lipinski definition) is 2. The van der Waals surface area contributed by atoms with Crippen LogP contribution in [0.25, 0.3) is 0 Å². The number of carbonyl (C=O) groups is 2. The van der Waals surface area contributed by atoms with Crippen LogP contribution in [0.4, 0.5) is 0 Å². The van der Waals surface area contributed by atoms with Gasteiger partial charge in [-0.1, -0.05) is 32.9 Å². The van der Waals surface area contributed by atoms with Crippen LogP contribution in [-0.4, -0.2) is 24.5 Å². The molecule has 156 valence electrons. The van der Waals surface area contributed by atoms with Gasteiger partial charge >= 0.3 is 0 Å². The quantitative estimate of drug-likeness (QED) is 0.562. The average Bonchev–Trinajstić information content (AvgIpc) is 2.70. The highest BCUT2D eigenvalue weighted by Crippen LogP contribution is 2.28. The van der Waals surface area contributed by atoms with Crippen molar-refractivity contribution in [2.24, 2.45) is 0 Å². The Morgan fingerprint density at radius 2 is 1.83 bits per heavy atom. The van der Waals surface area contributed by atoms with E-state index in [1.165, 1.54) is 5.56 Å². The molecule has 0 spiro atoms. The Kier molecular flexibility index (Phi) is 8.51. The number of halogens is 1. The lowest BCUT2D eigenvalue weighted by Crippen LogP contribution is -2.43. The van der Waals surface area contributed by atoms with E-state index in [1.807, 2.05) is 32.0 Å². The first-order valence-electron chi connectivity index (χ1n) is 9.58. The maximum Gasteiger partial charge on any atom is 0.276 e. The summed E-state index contributed by atoms with van der Waals surface area (Å²) in [5, 5.41) is 0. The summed E-state index contributed by atoms with van der Waals surface area (Å²) in [6.07, 6.45) is 0.919. The van der Waals surface area contributed by atoms with Crippen LogP contribution in [-0.2, 0) is 4.79 Å². The van der Waals surface area contributed by atoms with Gasteiger partial charge in [0.1, 0.15) is 11.5 Å². The molecule has 0 radical (unpaired) electrons. The molecule has 2 aromatic rings. The number of benzene rings is 2. The molecule has 1 unspecified atom stereocenters. The fourth-order valence-corrected chi connectivity index (χ4v) is 2.91. The lowest BCUT2D eigenvalue weighted by molar-refractivity contribution is -0.123. The van der Waals surface area contributed by atoms with E-state index in [1.54, 1.807) is 24.3 Å². The highest BCUT2D eigenvalue weighted by Gasteiger charge is 2.11. The smallest absolute Gasteiger partial charge is 0.276 e. The summed E-state index contributed by atoms with van der Waals surface area (Å²) in [5.74, 6) is 0.663. The van der Waals surface area contributed by atoms with Crippen molar-refractivity contribution in [2.45, 2.75) is 46.1 Å². The van der Waals surface area contributed by atoms with Gasteiger partial charge in [-0.15, -0.1) is 0 Å². The van der Waals surface area contributed by atoms with Crippen LogP contribution in [0.2, 0.25) is 0 Å². The van der Waals surface area contributed by atoms with Crippen LogP contribution in [0.3, 0.4) is 0 Å². The largest absolute Gasteiger partial charge is 0.491 e. The predicted molar refractivity (Wildman–Crippen MR) is 116 cm³/mol. The van der Waals surface area contributed by atoms with Crippen LogP contribution in [0.1, 0.15) is 56.0 Å². The first-order valence-corrected chi connectivity index (χ1v) is 10.4. The van der Waals surface area contributed by atoms with Crippen molar-refractivity contribution in [1.29, 1.82) is 0 Å². The highest BCUT2D eigenvalue weighted by molar-refractivity contribution is 9.10. The van der Waals surface area contributed by atoms with Crippen molar-refractivity contribution in [3.8, 4) is 11.5 Å². The van der Waals surface area contributed by atoms with Gasteiger partial charge in [-0.3, -0.25) is 20.4 Å². The lowest BCUT2D eigenvalue weighted by atomic mass is 10.0. The number of hydrazine groups is 1. The molecule has 0 saturated heterocycles. The molecule has 2 aromatic carbocycles. The summed E-state index contributed by atoms with van der Waals surface area (Å²) < 4.78 is 12.0. The third-order valence-electron chi connectivity index (χ3n) is 4.31. The van der Waals surface area contributed by atoms with Crippen LogP contribution in [0.15, 0.2) is 46.9 Å². The van der Waals surface area contributed by atoms with Crippen molar-refractivity contribution in [3.63, 3.8) is 0 Å². The van der Waals surface area contributed by atoms with Gasteiger partial charge in [0.25, 0.3) is 11.8 Å². The minimum absolute atomic E-state index is 0.0547. The van der Waals surface area contributed by atoms with Crippen LogP contribution in [0, 0.1) is 0 Å². The van der Waals surface area contributed by atoms with Crippen LogP contribution >= 0.6 is 15.9 Å². The molecule has 0 aliphatic rings. The van der Waals surface area contributed by atoms with Gasteiger partial charge < -0.3 is 9.47 Å². The average molecular weight is 463 g/mol. The molecule has 0 heterocycles. The second kappa shape index (κ2) is 10.9. The lowest BCUT2D eigenvalue weighted by Gasteiger charge is -2.14. The molecule has 0 bridgehead atoms. The molecule has 29 heavy (non-hydrogen) atoms. The van der Waals surface area contributed by atoms with Gasteiger partial charge in [-0.25, -0.2) is 0 Å². The zero-order valence-electron chi connectivity index (χ0n) is 17.1. The molecule has 2 rings (SSSR count).